The van der Waals surface area contributed by atoms with Crippen LogP contribution in [-0.4, -0.2) is 35.5 Å². The second-order valence-corrected chi connectivity index (χ2v) is 5.32. The van der Waals surface area contributed by atoms with Crippen molar-refractivity contribution >= 4 is 22.4 Å². The average Bonchev–Trinajstić information content (AvgIpc) is 2.62. The maximum atomic E-state index is 11.8. The molecule has 1 aromatic rings. The van der Waals surface area contributed by atoms with Crippen LogP contribution in [0.4, 0.5) is 18.3 Å². The maximum Gasteiger partial charge on any atom is 0.411 e. The molecule has 5 nitrogen and oxygen atoms in total. The SMILES string of the molecule is CC(C)Cc1nnc(NC(=O)COCC(F)(F)F)s1. The van der Waals surface area contributed by atoms with E-state index in [1.54, 1.807) is 0 Å². The van der Waals surface area contributed by atoms with Crippen LogP contribution in [0.5, 0.6) is 0 Å². The monoisotopic (exact) mass is 297 g/mol. The van der Waals surface area contributed by atoms with Crippen molar-refractivity contribution in [2.45, 2.75) is 26.4 Å². The highest BCUT2D eigenvalue weighted by Crippen LogP contribution is 2.18. The van der Waals surface area contributed by atoms with Gasteiger partial charge in [0.2, 0.25) is 5.13 Å². The summed E-state index contributed by atoms with van der Waals surface area (Å²) in [5.74, 6) is -0.275. The molecule has 0 aliphatic rings. The smallest absolute Gasteiger partial charge is 0.362 e. The minimum absolute atomic E-state index is 0.260. The van der Waals surface area contributed by atoms with Crippen LogP contribution in [0.2, 0.25) is 0 Å². The molecule has 0 bridgehead atoms. The fraction of sp³-hybridized carbons (Fsp3) is 0.700. The number of nitrogens with one attached hydrogen (secondary N) is 1. The Kier molecular flexibility index (Phi) is 5.67. The van der Waals surface area contributed by atoms with Crippen LogP contribution in [-0.2, 0) is 16.0 Å². The van der Waals surface area contributed by atoms with E-state index in [1.807, 2.05) is 13.8 Å². The number of anilines is 1. The molecule has 0 fully saturated rings. The van der Waals surface area contributed by atoms with Crippen molar-refractivity contribution in [1.29, 1.82) is 0 Å². The van der Waals surface area contributed by atoms with Crippen molar-refractivity contribution in [2.24, 2.45) is 5.92 Å². The molecule has 108 valence electrons. The Morgan fingerprint density at radius 2 is 2.11 bits per heavy atom. The van der Waals surface area contributed by atoms with E-state index in [1.165, 1.54) is 11.3 Å². The highest BCUT2D eigenvalue weighted by atomic mass is 32.1. The van der Waals surface area contributed by atoms with Gasteiger partial charge in [-0.3, -0.25) is 10.1 Å². The van der Waals surface area contributed by atoms with Crippen molar-refractivity contribution in [3.8, 4) is 0 Å². The predicted octanol–water partition coefficient (Wildman–Crippen LogP) is 2.25. The van der Waals surface area contributed by atoms with Gasteiger partial charge in [0.05, 0.1) is 0 Å². The zero-order valence-electron chi connectivity index (χ0n) is 10.5. The molecule has 0 radical (unpaired) electrons. The van der Waals surface area contributed by atoms with Crippen LogP contribution in [0.25, 0.3) is 0 Å². The number of alkyl halides is 3. The molecule has 0 spiro atoms. The number of hydrogen-bond donors (Lipinski definition) is 1. The van der Waals surface area contributed by atoms with Crippen LogP contribution in [0.15, 0.2) is 0 Å². The van der Waals surface area contributed by atoms with Crippen LogP contribution >= 0.6 is 11.3 Å². The largest absolute Gasteiger partial charge is 0.411 e. The number of rotatable bonds is 6. The fourth-order valence-electron chi connectivity index (χ4n) is 1.15. The van der Waals surface area contributed by atoms with E-state index in [9.17, 15) is 18.0 Å². The number of nitrogens with zero attached hydrogens (tertiary/aromatic N) is 2. The second-order valence-electron chi connectivity index (χ2n) is 4.26. The Bertz CT molecular complexity index is 420. The molecule has 0 aliphatic carbocycles. The standard InChI is InChI=1S/C10H14F3N3O2S/c1-6(2)3-8-15-16-9(19-8)14-7(17)4-18-5-10(11,12)13/h6H,3-5H2,1-2H3,(H,14,16,17). The van der Waals surface area contributed by atoms with Gasteiger partial charge in [0.25, 0.3) is 5.91 Å². The van der Waals surface area contributed by atoms with Gasteiger partial charge in [0.1, 0.15) is 18.2 Å². The molecule has 0 atom stereocenters. The summed E-state index contributed by atoms with van der Waals surface area (Å²) in [5, 5.41) is 10.9. The quantitative estimate of drug-likeness (QED) is 0.874. The predicted molar refractivity (Wildman–Crippen MR) is 64.0 cm³/mol. The summed E-state index contributed by atoms with van der Waals surface area (Å²) in [4.78, 5) is 11.3. The van der Waals surface area contributed by atoms with Gasteiger partial charge in [0.15, 0.2) is 0 Å². The zero-order valence-corrected chi connectivity index (χ0v) is 11.3. The van der Waals surface area contributed by atoms with E-state index in [0.29, 0.717) is 5.92 Å². The molecular formula is C10H14F3N3O2S. The second kappa shape index (κ2) is 6.80. The summed E-state index contributed by atoms with van der Waals surface area (Å²) >= 11 is 1.20. The summed E-state index contributed by atoms with van der Waals surface area (Å²) in [7, 11) is 0. The van der Waals surface area contributed by atoms with Gasteiger partial charge in [0, 0.05) is 6.42 Å². The van der Waals surface area contributed by atoms with Crippen molar-refractivity contribution in [2.75, 3.05) is 18.5 Å². The minimum Gasteiger partial charge on any atom is -0.362 e. The van der Waals surface area contributed by atoms with Crippen molar-refractivity contribution in [3.63, 3.8) is 0 Å². The molecule has 1 heterocycles. The number of halogens is 3. The molecule has 0 saturated heterocycles. The minimum atomic E-state index is -4.44. The first-order chi connectivity index (χ1) is 8.76. The Morgan fingerprint density at radius 1 is 1.42 bits per heavy atom. The molecular weight excluding hydrogens is 283 g/mol. The molecule has 1 aromatic heterocycles. The number of hydrogen-bond acceptors (Lipinski definition) is 5. The number of carbonyl (C=O) groups is 1. The Morgan fingerprint density at radius 3 is 2.68 bits per heavy atom. The van der Waals surface area contributed by atoms with Gasteiger partial charge >= 0.3 is 6.18 Å². The summed E-state index contributed by atoms with van der Waals surface area (Å²) in [6.45, 7) is 1.92. The van der Waals surface area contributed by atoms with Gasteiger partial charge in [-0.15, -0.1) is 10.2 Å². The third-order valence-corrected chi connectivity index (χ3v) is 2.66. The lowest BCUT2D eigenvalue weighted by atomic mass is 10.1. The third-order valence-electron chi connectivity index (χ3n) is 1.79. The summed E-state index contributed by atoms with van der Waals surface area (Å²) in [5.41, 5.74) is 0. The Balaban J connectivity index is 2.34. The lowest BCUT2D eigenvalue weighted by molar-refractivity contribution is -0.174. The highest BCUT2D eigenvalue weighted by molar-refractivity contribution is 7.15. The first-order valence-electron chi connectivity index (χ1n) is 5.53. The number of carbonyl (C=O) groups excluding carboxylic acids is 1. The summed E-state index contributed by atoms with van der Waals surface area (Å²) < 4.78 is 39.6. The average molecular weight is 297 g/mol. The van der Waals surface area contributed by atoms with Gasteiger partial charge < -0.3 is 4.74 Å². The molecule has 0 aliphatic heterocycles. The molecule has 0 aromatic carbocycles. The Hall–Kier alpha value is -1.22. The zero-order chi connectivity index (χ0) is 14.5. The van der Waals surface area contributed by atoms with E-state index in [-0.39, 0.29) is 5.13 Å². The normalized spacial score (nSPS) is 11.9. The molecule has 9 heteroatoms. The maximum absolute atomic E-state index is 11.8. The van der Waals surface area contributed by atoms with Crippen LogP contribution in [0, 0.1) is 5.92 Å². The van der Waals surface area contributed by atoms with E-state index >= 15 is 0 Å². The van der Waals surface area contributed by atoms with E-state index in [2.05, 4.69) is 20.3 Å². The molecule has 0 saturated carbocycles. The molecule has 1 amide bonds. The van der Waals surface area contributed by atoms with E-state index in [0.717, 1.165) is 11.4 Å². The molecule has 1 rings (SSSR count). The molecule has 19 heavy (non-hydrogen) atoms. The van der Waals surface area contributed by atoms with Crippen LogP contribution < -0.4 is 5.32 Å². The van der Waals surface area contributed by atoms with Crippen molar-refractivity contribution < 1.29 is 22.7 Å². The fourth-order valence-corrected chi connectivity index (χ4v) is 2.12. The molecule has 0 unspecified atom stereocenters. The van der Waals surface area contributed by atoms with Gasteiger partial charge in [-0.05, 0) is 5.92 Å². The molecule has 1 N–H and O–H groups in total. The number of ether oxygens (including phenoxy) is 1. The van der Waals surface area contributed by atoms with E-state index < -0.39 is 25.3 Å². The third kappa shape index (κ3) is 7.06. The Labute approximate surface area is 112 Å². The lowest BCUT2D eigenvalue weighted by Crippen LogP contribution is -2.23. The van der Waals surface area contributed by atoms with Crippen molar-refractivity contribution in [3.05, 3.63) is 5.01 Å². The highest BCUT2D eigenvalue weighted by Gasteiger charge is 2.27. The van der Waals surface area contributed by atoms with Gasteiger partial charge in [-0.25, -0.2) is 0 Å². The van der Waals surface area contributed by atoms with Crippen molar-refractivity contribution in [1.82, 2.24) is 10.2 Å². The summed E-state index contributed by atoms with van der Waals surface area (Å²) in [6.07, 6.45) is -3.70. The first kappa shape index (κ1) is 15.8. The summed E-state index contributed by atoms with van der Waals surface area (Å²) in [6, 6.07) is 0. The van der Waals surface area contributed by atoms with Gasteiger partial charge in [-0.1, -0.05) is 25.2 Å². The number of amides is 1. The van der Waals surface area contributed by atoms with Gasteiger partial charge in [-0.2, -0.15) is 13.2 Å². The number of aromatic nitrogens is 2. The van der Waals surface area contributed by atoms with E-state index in [4.69, 9.17) is 0 Å². The van der Waals surface area contributed by atoms with Crippen LogP contribution in [0.1, 0.15) is 18.9 Å². The lowest BCUT2D eigenvalue weighted by Gasteiger charge is -2.06. The van der Waals surface area contributed by atoms with Crippen LogP contribution in [0.3, 0.4) is 0 Å². The first-order valence-corrected chi connectivity index (χ1v) is 6.34. The topological polar surface area (TPSA) is 64.1 Å².